The lowest BCUT2D eigenvalue weighted by molar-refractivity contribution is 0.398. The standard InChI is InChI=1S/C20H31N/c1-20(2,3)19-12-10-16(11-13-19)14-18(15-21-4)17-8-6-5-7-9-17/h10-14,17,21H,5-9,15H2,1-4H3/b18-14-. The molecule has 2 rings (SSSR count). The van der Waals surface area contributed by atoms with Gasteiger partial charge in [-0.2, -0.15) is 0 Å². The number of rotatable bonds is 4. The van der Waals surface area contributed by atoms with Crippen LogP contribution in [0.25, 0.3) is 6.08 Å². The van der Waals surface area contributed by atoms with Crippen LogP contribution in [-0.4, -0.2) is 13.6 Å². The van der Waals surface area contributed by atoms with Crippen molar-refractivity contribution in [3.63, 3.8) is 0 Å². The first kappa shape index (κ1) is 16.3. The van der Waals surface area contributed by atoms with Crippen molar-refractivity contribution in [3.8, 4) is 0 Å². The molecule has 0 unspecified atom stereocenters. The molecule has 21 heavy (non-hydrogen) atoms. The molecule has 0 spiro atoms. The van der Waals surface area contributed by atoms with Gasteiger partial charge in [-0.1, -0.05) is 75.9 Å². The maximum atomic E-state index is 3.35. The first-order chi connectivity index (χ1) is 10.0. The minimum Gasteiger partial charge on any atom is -0.316 e. The van der Waals surface area contributed by atoms with Crippen molar-refractivity contribution in [1.82, 2.24) is 5.32 Å². The first-order valence-corrected chi connectivity index (χ1v) is 8.46. The molecule has 1 aliphatic carbocycles. The van der Waals surface area contributed by atoms with Gasteiger partial charge in [-0.3, -0.25) is 0 Å². The number of nitrogens with one attached hydrogen (secondary N) is 1. The van der Waals surface area contributed by atoms with Gasteiger partial charge >= 0.3 is 0 Å². The van der Waals surface area contributed by atoms with E-state index in [9.17, 15) is 0 Å². The van der Waals surface area contributed by atoms with Crippen molar-refractivity contribution in [3.05, 3.63) is 41.0 Å². The predicted molar refractivity (Wildman–Crippen MR) is 93.6 cm³/mol. The molecule has 1 nitrogen and oxygen atoms in total. The van der Waals surface area contributed by atoms with Gasteiger partial charge in [0, 0.05) is 6.54 Å². The van der Waals surface area contributed by atoms with Gasteiger partial charge in [0.15, 0.2) is 0 Å². The fourth-order valence-corrected chi connectivity index (χ4v) is 3.28. The summed E-state index contributed by atoms with van der Waals surface area (Å²) in [4.78, 5) is 0. The van der Waals surface area contributed by atoms with Gasteiger partial charge in [0.25, 0.3) is 0 Å². The molecule has 0 heterocycles. The molecule has 1 aliphatic rings. The number of benzene rings is 1. The average molecular weight is 285 g/mol. The lowest BCUT2D eigenvalue weighted by Gasteiger charge is -2.25. The van der Waals surface area contributed by atoms with Gasteiger partial charge in [-0.05, 0) is 42.3 Å². The minimum absolute atomic E-state index is 0.236. The summed E-state index contributed by atoms with van der Waals surface area (Å²) in [6, 6.07) is 9.12. The van der Waals surface area contributed by atoms with Crippen LogP contribution < -0.4 is 5.32 Å². The van der Waals surface area contributed by atoms with E-state index in [0.717, 1.165) is 12.5 Å². The Morgan fingerprint density at radius 2 is 1.71 bits per heavy atom. The molecule has 116 valence electrons. The second kappa shape index (κ2) is 7.26. The third kappa shape index (κ3) is 4.71. The van der Waals surface area contributed by atoms with E-state index in [1.54, 1.807) is 5.57 Å². The van der Waals surface area contributed by atoms with E-state index < -0.39 is 0 Å². The van der Waals surface area contributed by atoms with Crippen molar-refractivity contribution in [1.29, 1.82) is 0 Å². The Hall–Kier alpha value is -1.08. The Morgan fingerprint density at radius 1 is 1.10 bits per heavy atom. The normalized spacial score (nSPS) is 18.0. The number of likely N-dealkylation sites (N-methyl/N-ethyl adjacent to an activating group) is 1. The van der Waals surface area contributed by atoms with Crippen LogP contribution in [0.2, 0.25) is 0 Å². The number of hydrogen-bond donors (Lipinski definition) is 1. The summed E-state index contributed by atoms with van der Waals surface area (Å²) >= 11 is 0. The van der Waals surface area contributed by atoms with Crippen LogP contribution in [0.1, 0.15) is 64.0 Å². The third-order valence-corrected chi connectivity index (χ3v) is 4.64. The quantitative estimate of drug-likeness (QED) is 0.805. The minimum atomic E-state index is 0.236. The zero-order chi connectivity index (χ0) is 15.3. The Kier molecular flexibility index (Phi) is 5.64. The molecule has 0 aromatic heterocycles. The highest BCUT2D eigenvalue weighted by molar-refractivity contribution is 5.54. The van der Waals surface area contributed by atoms with Crippen LogP contribution in [0.5, 0.6) is 0 Å². The highest BCUT2D eigenvalue weighted by Crippen LogP contribution is 2.31. The molecular weight excluding hydrogens is 254 g/mol. The van der Waals surface area contributed by atoms with E-state index in [-0.39, 0.29) is 5.41 Å². The molecule has 0 radical (unpaired) electrons. The van der Waals surface area contributed by atoms with Crippen molar-refractivity contribution in [2.24, 2.45) is 5.92 Å². The van der Waals surface area contributed by atoms with Crippen LogP contribution in [0.15, 0.2) is 29.8 Å². The Labute approximate surface area is 130 Å². The van der Waals surface area contributed by atoms with Gasteiger partial charge in [-0.15, -0.1) is 0 Å². The lowest BCUT2D eigenvalue weighted by Crippen LogP contribution is -2.19. The van der Waals surface area contributed by atoms with E-state index >= 15 is 0 Å². The highest BCUT2D eigenvalue weighted by Gasteiger charge is 2.17. The second-order valence-electron chi connectivity index (χ2n) is 7.46. The summed E-state index contributed by atoms with van der Waals surface area (Å²) < 4.78 is 0. The molecular formula is C20H31N. The van der Waals surface area contributed by atoms with Crippen molar-refractivity contribution in [2.75, 3.05) is 13.6 Å². The molecule has 1 N–H and O–H groups in total. The maximum Gasteiger partial charge on any atom is 0.0167 e. The fourth-order valence-electron chi connectivity index (χ4n) is 3.28. The van der Waals surface area contributed by atoms with E-state index in [4.69, 9.17) is 0 Å². The lowest BCUT2D eigenvalue weighted by atomic mass is 9.82. The van der Waals surface area contributed by atoms with Gasteiger partial charge in [0.05, 0.1) is 0 Å². The van der Waals surface area contributed by atoms with E-state index in [1.807, 2.05) is 0 Å². The Balaban J connectivity index is 2.17. The molecule has 1 aromatic carbocycles. The monoisotopic (exact) mass is 285 g/mol. The van der Waals surface area contributed by atoms with Crippen LogP contribution in [-0.2, 0) is 5.41 Å². The van der Waals surface area contributed by atoms with Gasteiger partial charge in [0.2, 0.25) is 0 Å². The van der Waals surface area contributed by atoms with Crippen LogP contribution in [0, 0.1) is 5.92 Å². The molecule has 0 saturated heterocycles. The summed E-state index contributed by atoms with van der Waals surface area (Å²) in [6.07, 6.45) is 9.37. The highest BCUT2D eigenvalue weighted by atomic mass is 14.8. The zero-order valence-electron chi connectivity index (χ0n) is 14.2. The van der Waals surface area contributed by atoms with Crippen LogP contribution in [0.4, 0.5) is 0 Å². The smallest absolute Gasteiger partial charge is 0.0167 e. The Morgan fingerprint density at radius 3 is 2.24 bits per heavy atom. The zero-order valence-corrected chi connectivity index (χ0v) is 14.2. The molecule has 0 atom stereocenters. The summed E-state index contributed by atoms with van der Waals surface area (Å²) in [5.41, 5.74) is 4.58. The van der Waals surface area contributed by atoms with Gasteiger partial charge < -0.3 is 5.32 Å². The molecule has 1 heteroatoms. The van der Waals surface area contributed by atoms with Crippen molar-refractivity contribution < 1.29 is 0 Å². The van der Waals surface area contributed by atoms with Crippen molar-refractivity contribution in [2.45, 2.75) is 58.3 Å². The number of hydrogen-bond acceptors (Lipinski definition) is 1. The van der Waals surface area contributed by atoms with Gasteiger partial charge in [0.1, 0.15) is 0 Å². The van der Waals surface area contributed by atoms with Crippen LogP contribution >= 0.6 is 0 Å². The predicted octanol–water partition coefficient (Wildman–Crippen LogP) is 5.17. The van der Waals surface area contributed by atoms with Crippen molar-refractivity contribution >= 4 is 6.08 Å². The molecule has 0 aliphatic heterocycles. The van der Waals surface area contributed by atoms with E-state index in [2.05, 4.69) is 63.5 Å². The van der Waals surface area contributed by atoms with E-state index in [1.165, 1.54) is 43.2 Å². The summed E-state index contributed by atoms with van der Waals surface area (Å²) in [6.45, 7) is 7.83. The average Bonchev–Trinajstić information content (AvgIpc) is 2.47. The Bertz CT molecular complexity index is 456. The SMILES string of the molecule is CNC/C(=C/c1ccc(C(C)(C)C)cc1)C1CCCCC1. The molecule has 1 fully saturated rings. The molecule has 1 saturated carbocycles. The summed E-state index contributed by atoms with van der Waals surface area (Å²) in [5.74, 6) is 0.786. The first-order valence-electron chi connectivity index (χ1n) is 8.46. The third-order valence-electron chi connectivity index (χ3n) is 4.64. The second-order valence-corrected chi connectivity index (χ2v) is 7.46. The molecule has 0 bridgehead atoms. The van der Waals surface area contributed by atoms with Crippen LogP contribution in [0.3, 0.4) is 0 Å². The molecule has 1 aromatic rings. The van der Waals surface area contributed by atoms with Gasteiger partial charge in [-0.25, -0.2) is 0 Å². The maximum absolute atomic E-state index is 3.35. The van der Waals surface area contributed by atoms with E-state index in [0.29, 0.717) is 0 Å². The molecule has 0 amide bonds. The summed E-state index contributed by atoms with van der Waals surface area (Å²) in [5, 5.41) is 3.35. The summed E-state index contributed by atoms with van der Waals surface area (Å²) in [7, 11) is 2.05. The fraction of sp³-hybridized carbons (Fsp3) is 0.600. The topological polar surface area (TPSA) is 12.0 Å². The largest absolute Gasteiger partial charge is 0.316 e.